The van der Waals surface area contributed by atoms with Crippen molar-refractivity contribution in [2.45, 2.75) is 17.5 Å². The maximum atomic E-state index is 13.0. The lowest BCUT2D eigenvalue weighted by Gasteiger charge is -2.55. The molecule has 2 aliphatic heterocycles. The Morgan fingerprint density at radius 3 is 2.93 bits per heavy atom. The SMILES string of the molecule is [2H]C([2H])([2H])O[C@]1(NC(=O)Cc2cccs2)C(=O)N2C(C(=O)O)=C(COC(N)=O)CS[C@H]21. The molecule has 3 amide bonds. The Morgan fingerprint density at radius 2 is 2.32 bits per heavy atom. The van der Waals surface area contributed by atoms with Gasteiger partial charge in [-0.25, -0.2) is 9.59 Å². The molecule has 3 rings (SSSR count). The monoisotopic (exact) mass is 430 g/mol. The van der Waals surface area contributed by atoms with Crippen LogP contribution in [-0.4, -0.2) is 64.4 Å². The summed E-state index contributed by atoms with van der Waals surface area (Å²) in [7, 11) is -3.05. The van der Waals surface area contributed by atoms with E-state index in [-0.39, 0.29) is 17.7 Å². The second-order valence-corrected chi connectivity index (χ2v) is 7.95. The number of thiophene rings is 1. The van der Waals surface area contributed by atoms with Crippen molar-refractivity contribution in [3.05, 3.63) is 33.7 Å². The van der Waals surface area contributed by atoms with Crippen LogP contribution in [0.1, 0.15) is 8.99 Å². The molecule has 1 aromatic heterocycles. The highest BCUT2D eigenvalue weighted by Crippen LogP contribution is 2.46. The Labute approximate surface area is 171 Å². The topological polar surface area (TPSA) is 148 Å². The van der Waals surface area contributed by atoms with E-state index in [1.54, 1.807) is 17.5 Å². The minimum atomic E-state index is -3.05. The van der Waals surface area contributed by atoms with Gasteiger partial charge in [-0.2, -0.15) is 0 Å². The predicted molar refractivity (Wildman–Crippen MR) is 99.2 cm³/mol. The molecule has 4 N–H and O–H groups in total. The largest absolute Gasteiger partial charge is 0.477 e. The summed E-state index contributed by atoms with van der Waals surface area (Å²) in [5, 5.41) is 12.5. The minimum Gasteiger partial charge on any atom is -0.477 e. The average Bonchev–Trinajstić information content (AvgIpc) is 3.16. The number of rotatable bonds is 7. The van der Waals surface area contributed by atoms with E-state index in [0.29, 0.717) is 4.88 Å². The number of primary amides is 1. The number of hydrogen-bond acceptors (Lipinski definition) is 8. The molecule has 1 aromatic rings. The van der Waals surface area contributed by atoms with Gasteiger partial charge in [0, 0.05) is 23.2 Å². The van der Waals surface area contributed by atoms with Crippen LogP contribution >= 0.6 is 23.1 Å². The molecule has 1 fully saturated rings. The molecule has 2 aliphatic rings. The quantitative estimate of drug-likeness (QED) is 0.407. The smallest absolute Gasteiger partial charge is 0.404 e. The molecule has 150 valence electrons. The molecule has 0 radical (unpaired) electrons. The van der Waals surface area contributed by atoms with Crippen LogP contribution in [0.15, 0.2) is 28.8 Å². The van der Waals surface area contributed by atoms with Gasteiger partial charge in [0.15, 0.2) is 0 Å². The Kier molecular flexibility index (Phi) is 4.57. The van der Waals surface area contributed by atoms with Gasteiger partial charge >= 0.3 is 12.1 Å². The number of nitrogens with zero attached hydrogens (tertiary/aromatic N) is 1. The average molecular weight is 430 g/mol. The van der Waals surface area contributed by atoms with Crippen molar-refractivity contribution in [3.63, 3.8) is 0 Å². The van der Waals surface area contributed by atoms with E-state index in [1.165, 1.54) is 11.3 Å². The standard InChI is InChI=1S/C16H17N3O7S2/c1-25-16(18-10(20)5-9-3-2-4-27-9)13(23)19-11(12(21)22)8(6-26-15(17)24)7-28-14(16)19/h2-4,14H,5-7H2,1H3,(H2,17,24)(H,18,20)(H,21,22)/t14-,16+/m0/s1/i1D3. The first-order valence-corrected chi connectivity index (χ1v) is 9.74. The number of amides is 3. The minimum absolute atomic E-state index is 0.0315. The third-order valence-electron chi connectivity index (χ3n) is 4.10. The van der Waals surface area contributed by atoms with Crippen molar-refractivity contribution in [1.82, 2.24) is 10.2 Å². The number of carboxylic acids is 1. The van der Waals surface area contributed by atoms with Gasteiger partial charge < -0.3 is 25.6 Å². The maximum absolute atomic E-state index is 13.0. The van der Waals surface area contributed by atoms with E-state index >= 15 is 0 Å². The second-order valence-electron chi connectivity index (χ2n) is 5.85. The Bertz CT molecular complexity index is 951. The van der Waals surface area contributed by atoms with Crippen molar-refractivity contribution in [3.8, 4) is 0 Å². The molecule has 12 heteroatoms. The molecular formula is C16H17N3O7S2. The fraction of sp³-hybridized carbons (Fsp3) is 0.375. The molecule has 0 unspecified atom stereocenters. The zero-order chi connectivity index (χ0) is 23.0. The lowest BCUT2D eigenvalue weighted by molar-refractivity contribution is -0.192. The molecule has 0 aliphatic carbocycles. The number of nitrogens with two attached hydrogens (primary N) is 1. The highest BCUT2D eigenvalue weighted by molar-refractivity contribution is 8.00. The van der Waals surface area contributed by atoms with Crippen molar-refractivity contribution in [2.75, 3.05) is 19.4 Å². The van der Waals surface area contributed by atoms with E-state index in [1.807, 2.05) is 0 Å². The fourth-order valence-electron chi connectivity index (χ4n) is 2.92. The molecule has 0 spiro atoms. The van der Waals surface area contributed by atoms with Crippen molar-refractivity contribution < 1.29 is 37.9 Å². The summed E-state index contributed by atoms with van der Waals surface area (Å²) in [5.41, 5.74) is 2.24. The number of carboxylic acid groups (broad SMARTS) is 1. The number of nitrogens with one attached hydrogen (secondary N) is 1. The van der Waals surface area contributed by atoms with Crippen molar-refractivity contribution in [1.29, 1.82) is 0 Å². The first-order chi connectivity index (χ1) is 14.4. The van der Waals surface area contributed by atoms with Gasteiger partial charge in [0.1, 0.15) is 17.7 Å². The first-order valence-electron chi connectivity index (χ1n) is 9.31. The van der Waals surface area contributed by atoms with Crippen LogP contribution in [0.2, 0.25) is 0 Å². The molecule has 28 heavy (non-hydrogen) atoms. The summed E-state index contributed by atoms with van der Waals surface area (Å²) >= 11 is 2.26. The van der Waals surface area contributed by atoms with E-state index in [4.69, 9.17) is 14.6 Å². The summed E-state index contributed by atoms with van der Waals surface area (Å²) in [6.07, 6.45) is -1.24. The second kappa shape index (κ2) is 7.81. The summed E-state index contributed by atoms with van der Waals surface area (Å²) in [6, 6.07) is 3.43. The maximum Gasteiger partial charge on any atom is 0.404 e. The number of aliphatic carboxylic acids is 1. The van der Waals surface area contributed by atoms with E-state index in [9.17, 15) is 24.3 Å². The zero-order valence-electron chi connectivity index (χ0n) is 17.2. The molecule has 1 saturated heterocycles. The molecule has 0 aromatic carbocycles. The van der Waals surface area contributed by atoms with Gasteiger partial charge in [0.05, 0.1) is 10.5 Å². The number of thioether (sulfide) groups is 1. The van der Waals surface area contributed by atoms with Crippen LogP contribution in [0.4, 0.5) is 4.79 Å². The number of β-lactam (4-membered cyclic amide) rings is 1. The fourth-order valence-corrected chi connectivity index (χ4v) is 4.99. The summed E-state index contributed by atoms with van der Waals surface area (Å²) < 4.78 is 32.0. The molecule has 10 nitrogen and oxygen atoms in total. The zero-order valence-corrected chi connectivity index (χ0v) is 15.8. The Hall–Kier alpha value is -2.57. The van der Waals surface area contributed by atoms with E-state index < -0.39 is 54.3 Å². The highest BCUT2D eigenvalue weighted by Gasteiger charge is 2.66. The number of fused-ring (bicyclic) bond motifs is 1. The number of hydrogen-bond donors (Lipinski definition) is 3. The molecule has 2 atom stereocenters. The summed E-state index contributed by atoms with van der Waals surface area (Å²) in [4.78, 5) is 49.7. The van der Waals surface area contributed by atoms with Gasteiger partial charge in [-0.05, 0) is 11.4 Å². The van der Waals surface area contributed by atoms with Crippen LogP contribution in [0.3, 0.4) is 0 Å². The van der Waals surface area contributed by atoms with Crippen LogP contribution in [0.5, 0.6) is 0 Å². The van der Waals surface area contributed by atoms with Crippen LogP contribution in [0, 0.1) is 0 Å². The lowest BCUT2D eigenvalue weighted by atomic mass is 9.98. The van der Waals surface area contributed by atoms with Gasteiger partial charge in [-0.1, -0.05) is 6.07 Å². The van der Waals surface area contributed by atoms with Gasteiger partial charge in [-0.3, -0.25) is 14.5 Å². The number of ether oxygens (including phenoxy) is 2. The van der Waals surface area contributed by atoms with E-state index in [0.717, 1.165) is 16.7 Å². The Morgan fingerprint density at radius 1 is 1.54 bits per heavy atom. The number of methoxy groups -OCH3 is 1. The number of carbonyl (C=O) groups is 4. The normalized spacial score (nSPS) is 25.7. The van der Waals surface area contributed by atoms with Crippen LogP contribution in [-0.2, 0) is 30.3 Å². The lowest BCUT2D eigenvalue weighted by Crippen LogP contribution is -2.80. The van der Waals surface area contributed by atoms with E-state index in [2.05, 4.69) is 10.1 Å². The Balaban J connectivity index is 1.90. The van der Waals surface area contributed by atoms with Crippen LogP contribution < -0.4 is 11.1 Å². The molecule has 0 bridgehead atoms. The predicted octanol–water partition coefficient (Wildman–Crippen LogP) is 0.0986. The van der Waals surface area contributed by atoms with Crippen molar-refractivity contribution in [2.24, 2.45) is 5.73 Å². The van der Waals surface area contributed by atoms with Gasteiger partial charge in [0.2, 0.25) is 5.91 Å². The third kappa shape index (κ3) is 3.45. The molecule has 3 heterocycles. The number of carbonyl (C=O) groups excluding carboxylic acids is 3. The van der Waals surface area contributed by atoms with Crippen LogP contribution in [0.25, 0.3) is 0 Å². The summed E-state index contributed by atoms with van der Waals surface area (Å²) in [5.74, 6) is -3.25. The molecular weight excluding hydrogens is 410 g/mol. The first kappa shape index (κ1) is 16.4. The van der Waals surface area contributed by atoms with Gasteiger partial charge in [-0.15, -0.1) is 23.1 Å². The third-order valence-corrected chi connectivity index (χ3v) is 6.35. The highest BCUT2D eigenvalue weighted by atomic mass is 32.2. The summed E-state index contributed by atoms with van der Waals surface area (Å²) in [6.45, 7) is -0.460. The van der Waals surface area contributed by atoms with Crippen molar-refractivity contribution >= 4 is 47.0 Å². The van der Waals surface area contributed by atoms with Gasteiger partial charge in [0.25, 0.3) is 11.6 Å². The molecule has 0 saturated carbocycles.